The van der Waals surface area contributed by atoms with E-state index >= 15 is 0 Å². The van der Waals surface area contributed by atoms with E-state index in [4.69, 9.17) is 5.73 Å². The Bertz CT molecular complexity index is 200. The van der Waals surface area contributed by atoms with E-state index in [1.54, 1.807) is 0 Å². The molecule has 1 atom stereocenters. The SMILES string of the molecule is CC(C)(CNC1CCCSC1)C(N)=O. The number of thioether (sulfide) groups is 1. The van der Waals surface area contributed by atoms with Gasteiger partial charge in [0.15, 0.2) is 0 Å². The quantitative estimate of drug-likeness (QED) is 0.736. The summed E-state index contributed by atoms with van der Waals surface area (Å²) in [6.45, 7) is 4.46. The fourth-order valence-corrected chi connectivity index (χ4v) is 2.49. The van der Waals surface area contributed by atoms with Crippen molar-refractivity contribution in [3.8, 4) is 0 Å². The zero-order valence-corrected chi connectivity index (χ0v) is 9.82. The van der Waals surface area contributed by atoms with Gasteiger partial charge in [-0.2, -0.15) is 11.8 Å². The van der Waals surface area contributed by atoms with Gasteiger partial charge in [-0.25, -0.2) is 0 Å². The van der Waals surface area contributed by atoms with Crippen LogP contribution in [0.2, 0.25) is 0 Å². The molecule has 1 aliphatic heterocycles. The molecule has 1 fully saturated rings. The standard InChI is InChI=1S/C10H20N2OS/c1-10(2,9(11)13)7-12-8-4-3-5-14-6-8/h8,12H,3-7H2,1-2H3,(H2,11,13). The summed E-state index contributed by atoms with van der Waals surface area (Å²) in [6, 6.07) is 0.562. The van der Waals surface area contributed by atoms with Gasteiger partial charge in [0.05, 0.1) is 5.41 Å². The molecule has 0 aliphatic carbocycles. The van der Waals surface area contributed by atoms with Crippen LogP contribution in [0.1, 0.15) is 26.7 Å². The maximum atomic E-state index is 11.1. The molecule has 0 radical (unpaired) electrons. The van der Waals surface area contributed by atoms with Gasteiger partial charge >= 0.3 is 0 Å². The Morgan fingerprint density at radius 1 is 1.64 bits per heavy atom. The van der Waals surface area contributed by atoms with Crippen LogP contribution in [0.25, 0.3) is 0 Å². The van der Waals surface area contributed by atoms with Crippen molar-refractivity contribution in [3.05, 3.63) is 0 Å². The van der Waals surface area contributed by atoms with Gasteiger partial charge in [-0.05, 0) is 32.4 Å². The van der Waals surface area contributed by atoms with Crippen molar-refractivity contribution in [1.82, 2.24) is 5.32 Å². The molecule has 0 aromatic heterocycles. The molecule has 3 nitrogen and oxygen atoms in total. The number of amides is 1. The third kappa shape index (κ3) is 3.50. The van der Waals surface area contributed by atoms with Crippen LogP contribution >= 0.6 is 11.8 Å². The van der Waals surface area contributed by atoms with Crippen molar-refractivity contribution in [1.29, 1.82) is 0 Å². The van der Waals surface area contributed by atoms with Gasteiger partial charge in [-0.3, -0.25) is 4.79 Å². The number of carbonyl (C=O) groups is 1. The minimum Gasteiger partial charge on any atom is -0.369 e. The average Bonchev–Trinajstić information content (AvgIpc) is 2.16. The van der Waals surface area contributed by atoms with Gasteiger partial charge in [0.25, 0.3) is 0 Å². The highest BCUT2D eigenvalue weighted by Gasteiger charge is 2.26. The first-order valence-corrected chi connectivity index (χ1v) is 6.29. The van der Waals surface area contributed by atoms with Crippen molar-refractivity contribution in [2.75, 3.05) is 18.1 Å². The summed E-state index contributed by atoms with van der Waals surface area (Å²) in [4.78, 5) is 11.1. The second kappa shape index (κ2) is 5.03. The van der Waals surface area contributed by atoms with Crippen LogP contribution in [0.5, 0.6) is 0 Å². The summed E-state index contributed by atoms with van der Waals surface area (Å²) < 4.78 is 0. The summed E-state index contributed by atoms with van der Waals surface area (Å²) >= 11 is 1.98. The zero-order chi connectivity index (χ0) is 10.6. The van der Waals surface area contributed by atoms with Crippen LogP contribution in [0.15, 0.2) is 0 Å². The lowest BCUT2D eigenvalue weighted by Crippen LogP contribution is -2.45. The Hall–Kier alpha value is -0.220. The molecule has 0 spiro atoms. The van der Waals surface area contributed by atoms with Crippen LogP contribution in [0.4, 0.5) is 0 Å². The summed E-state index contributed by atoms with van der Waals surface area (Å²) in [5.41, 5.74) is 4.87. The molecule has 82 valence electrons. The number of hydrogen-bond donors (Lipinski definition) is 2. The third-order valence-electron chi connectivity index (χ3n) is 2.66. The number of nitrogens with two attached hydrogens (primary N) is 1. The van der Waals surface area contributed by atoms with Crippen molar-refractivity contribution in [2.24, 2.45) is 11.1 Å². The van der Waals surface area contributed by atoms with Crippen LogP contribution in [0.3, 0.4) is 0 Å². The van der Waals surface area contributed by atoms with Crippen LogP contribution < -0.4 is 11.1 Å². The molecule has 4 heteroatoms. The van der Waals surface area contributed by atoms with Crippen molar-refractivity contribution in [3.63, 3.8) is 0 Å². The van der Waals surface area contributed by atoms with E-state index in [0.29, 0.717) is 12.6 Å². The van der Waals surface area contributed by atoms with Gasteiger partial charge in [-0.1, -0.05) is 0 Å². The molecule has 0 aromatic carbocycles. The molecule has 0 aromatic rings. The summed E-state index contributed by atoms with van der Waals surface area (Å²) in [6.07, 6.45) is 2.50. The summed E-state index contributed by atoms with van der Waals surface area (Å²) in [7, 11) is 0. The number of nitrogens with one attached hydrogen (secondary N) is 1. The Balaban J connectivity index is 2.28. The molecule has 0 bridgehead atoms. The van der Waals surface area contributed by atoms with Crippen LogP contribution in [-0.4, -0.2) is 30.0 Å². The average molecular weight is 216 g/mol. The van der Waals surface area contributed by atoms with Crippen molar-refractivity contribution < 1.29 is 4.79 Å². The van der Waals surface area contributed by atoms with E-state index in [1.807, 2.05) is 25.6 Å². The van der Waals surface area contributed by atoms with E-state index in [2.05, 4.69) is 5.32 Å². The Labute approximate surface area is 90.2 Å². The molecule has 1 amide bonds. The second-order valence-corrected chi connectivity index (χ2v) is 5.69. The largest absolute Gasteiger partial charge is 0.369 e. The van der Waals surface area contributed by atoms with Gasteiger partial charge in [0.2, 0.25) is 5.91 Å². The molecule has 1 rings (SSSR count). The first-order valence-electron chi connectivity index (χ1n) is 5.13. The lowest BCUT2D eigenvalue weighted by molar-refractivity contribution is -0.125. The number of hydrogen-bond acceptors (Lipinski definition) is 3. The molecule has 1 unspecified atom stereocenters. The second-order valence-electron chi connectivity index (χ2n) is 4.54. The van der Waals surface area contributed by atoms with E-state index < -0.39 is 5.41 Å². The van der Waals surface area contributed by atoms with Crippen molar-refractivity contribution in [2.45, 2.75) is 32.7 Å². The summed E-state index contributed by atoms with van der Waals surface area (Å²) in [5, 5.41) is 3.42. The lowest BCUT2D eigenvalue weighted by Gasteiger charge is -2.27. The maximum absolute atomic E-state index is 11.1. The number of carbonyl (C=O) groups excluding carboxylic acids is 1. The number of rotatable bonds is 4. The molecule has 1 saturated heterocycles. The highest BCUT2D eigenvalue weighted by Crippen LogP contribution is 2.19. The molecular weight excluding hydrogens is 196 g/mol. The molecular formula is C10H20N2OS. The molecule has 14 heavy (non-hydrogen) atoms. The van der Waals surface area contributed by atoms with E-state index in [1.165, 1.54) is 18.6 Å². The van der Waals surface area contributed by atoms with Gasteiger partial charge in [-0.15, -0.1) is 0 Å². The predicted octanol–water partition coefficient (Wildman–Crippen LogP) is 0.983. The van der Waals surface area contributed by atoms with E-state index in [9.17, 15) is 4.79 Å². The first-order chi connectivity index (χ1) is 6.52. The molecule has 3 N–H and O–H groups in total. The Morgan fingerprint density at radius 3 is 2.86 bits per heavy atom. The predicted molar refractivity (Wildman–Crippen MR) is 61.3 cm³/mol. The monoisotopic (exact) mass is 216 g/mol. The summed E-state index contributed by atoms with van der Waals surface area (Å²) in [5.74, 6) is 2.21. The fourth-order valence-electron chi connectivity index (χ4n) is 1.39. The van der Waals surface area contributed by atoms with Crippen LogP contribution in [-0.2, 0) is 4.79 Å². The normalized spacial score (nSPS) is 23.4. The minimum absolute atomic E-state index is 0.228. The highest BCUT2D eigenvalue weighted by atomic mass is 32.2. The van der Waals surface area contributed by atoms with Crippen LogP contribution in [0, 0.1) is 5.41 Å². The number of primary amides is 1. The molecule has 1 heterocycles. The van der Waals surface area contributed by atoms with Gasteiger partial charge < -0.3 is 11.1 Å². The molecule has 1 aliphatic rings. The smallest absolute Gasteiger partial charge is 0.224 e. The van der Waals surface area contributed by atoms with E-state index in [-0.39, 0.29) is 5.91 Å². The zero-order valence-electron chi connectivity index (χ0n) is 9.01. The highest BCUT2D eigenvalue weighted by molar-refractivity contribution is 7.99. The lowest BCUT2D eigenvalue weighted by atomic mass is 9.92. The first kappa shape index (κ1) is 11.9. The third-order valence-corrected chi connectivity index (χ3v) is 3.88. The maximum Gasteiger partial charge on any atom is 0.224 e. The fraction of sp³-hybridized carbons (Fsp3) is 0.900. The molecule has 0 saturated carbocycles. The topological polar surface area (TPSA) is 55.1 Å². The minimum atomic E-state index is -0.428. The van der Waals surface area contributed by atoms with Gasteiger partial charge in [0, 0.05) is 18.3 Å². The van der Waals surface area contributed by atoms with Gasteiger partial charge in [0.1, 0.15) is 0 Å². The van der Waals surface area contributed by atoms with E-state index in [0.717, 1.165) is 5.75 Å². The Kier molecular flexibility index (Phi) is 4.26. The van der Waals surface area contributed by atoms with Crippen molar-refractivity contribution >= 4 is 17.7 Å². The Morgan fingerprint density at radius 2 is 2.36 bits per heavy atom.